The molecule has 0 radical (unpaired) electrons. The molecule has 0 aliphatic carbocycles. The first-order valence-corrected chi connectivity index (χ1v) is 5.83. The second-order valence-corrected chi connectivity index (χ2v) is 4.81. The standard InChI is InChI=1S/C9H12N6OS/c1-5-6(2)17-9(10-5)11-8(16)4-7-12-13-14-15(7)3/h4H2,1-3H3,(H,10,11,16). The lowest BCUT2D eigenvalue weighted by Gasteiger charge is -1.99. The zero-order valence-corrected chi connectivity index (χ0v) is 10.6. The molecule has 0 saturated carbocycles. The molecule has 1 N–H and O–H groups in total. The number of aryl methyl sites for hydroxylation is 3. The van der Waals surface area contributed by atoms with E-state index >= 15 is 0 Å². The Labute approximate surface area is 102 Å². The number of hydrogen-bond acceptors (Lipinski definition) is 6. The Morgan fingerprint density at radius 1 is 1.47 bits per heavy atom. The number of carbonyl (C=O) groups is 1. The topological polar surface area (TPSA) is 85.6 Å². The fraction of sp³-hybridized carbons (Fsp3) is 0.444. The summed E-state index contributed by atoms with van der Waals surface area (Å²) in [6.45, 7) is 3.88. The number of nitrogens with zero attached hydrogens (tertiary/aromatic N) is 5. The number of anilines is 1. The van der Waals surface area contributed by atoms with Gasteiger partial charge in [0.1, 0.15) is 0 Å². The Morgan fingerprint density at radius 2 is 2.24 bits per heavy atom. The molecule has 2 rings (SSSR count). The van der Waals surface area contributed by atoms with E-state index in [2.05, 4.69) is 25.8 Å². The van der Waals surface area contributed by atoms with Gasteiger partial charge in [-0.1, -0.05) is 0 Å². The van der Waals surface area contributed by atoms with E-state index in [1.807, 2.05) is 13.8 Å². The van der Waals surface area contributed by atoms with Crippen LogP contribution in [0.15, 0.2) is 0 Å². The maximum absolute atomic E-state index is 11.7. The van der Waals surface area contributed by atoms with Crippen LogP contribution in [0.2, 0.25) is 0 Å². The van der Waals surface area contributed by atoms with Gasteiger partial charge in [0, 0.05) is 11.9 Å². The highest BCUT2D eigenvalue weighted by atomic mass is 32.1. The third-order valence-corrected chi connectivity index (χ3v) is 3.29. The minimum atomic E-state index is -0.170. The van der Waals surface area contributed by atoms with Crippen LogP contribution in [-0.4, -0.2) is 31.1 Å². The molecule has 0 aliphatic rings. The second kappa shape index (κ2) is 4.58. The molecule has 17 heavy (non-hydrogen) atoms. The molecular formula is C9H12N6OS. The molecule has 0 aliphatic heterocycles. The van der Waals surface area contributed by atoms with Crippen LogP contribution in [0.4, 0.5) is 5.13 Å². The number of tetrazole rings is 1. The molecule has 8 heteroatoms. The zero-order valence-electron chi connectivity index (χ0n) is 9.76. The Bertz CT molecular complexity index is 526. The van der Waals surface area contributed by atoms with E-state index in [0.717, 1.165) is 10.6 Å². The fourth-order valence-electron chi connectivity index (χ4n) is 1.23. The molecule has 0 fully saturated rings. The highest BCUT2D eigenvalue weighted by molar-refractivity contribution is 7.15. The first kappa shape index (κ1) is 11.6. The first-order valence-electron chi connectivity index (χ1n) is 5.01. The molecule has 0 aromatic carbocycles. The highest BCUT2D eigenvalue weighted by Gasteiger charge is 2.11. The summed E-state index contributed by atoms with van der Waals surface area (Å²) in [5, 5.41) is 14.2. The fourth-order valence-corrected chi connectivity index (χ4v) is 2.06. The van der Waals surface area contributed by atoms with Gasteiger partial charge in [-0.2, -0.15) is 0 Å². The Kier molecular flexibility index (Phi) is 3.14. The number of aromatic nitrogens is 5. The van der Waals surface area contributed by atoms with E-state index in [1.54, 1.807) is 7.05 Å². The molecular weight excluding hydrogens is 240 g/mol. The number of carbonyl (C=O) groups excluding carboxylic acids is 1. The SMILES string of the molecule is Cc1nc(NC(=O)Cc2nnnn2C)sc1C. The van der Waals surface area contributed by atoms with E-state index < -0.39 is 0 Å². The summed E-state index contributed by atoms with van der Waals surface area (Å²) in [5.74, 6) is 0.351. The van der Waals surface area contributed by atoms with Crippen LogP contribution in [0, 0.1) is 13.8 Å². The molecule has 0 bridgehead atoms. The summed E-state index contributed by atoms with van der Waals surface area (Å²) in [4.78, 5) is 17.0. The van der Waals surface area contributed by atoms with Crippen molar-refractivity contribution in [2.75, 3.05) is 5.32 Å². The summed E-state index contributed by atoms with van der Waals surface area (Å²) < 4.78 is 1.47. The van der Waals surface area contributed by atoms with Gasteiger partial charge >= 0.3 is 0 Å². The van der Waals surface area contributed by atoms with E-state index in [-0.39, 0.29) is 12.3 Å². The van der Waals surface area contributed by atoms with Gasteiger partial charge in [-0.15, -0.1) is 16.4 Å². The number of rotatable bonds is 3. The molecule has 0 spiro atoms. The third kappa shape index (κ3) is 2.64. The zero-order chi connectivity index (χ0) is 12.4. The molecule has 7 nitrogen and oxygen atoms in total. The van der Waals surface area contributed by atoms with Crippen molar-refractivity contribution in [1.82, 2.24) is 25.2 Å². The van der Waals surface area contributed by atoms with Gasteiger partial charge in [-0.05, 0) is 24.3 Å². The van der Waals surface area contributed by atoms with Crippen LogP contribution in [0.1, 0.15) is 16.4 Å². The molecule has 0 atom stereocenters. The summed E-state index contributed by atoms with van der Waals surface area (Å²) >= 11 is 1.46. The van der Waals surface area contributed by atoms with E-state index in [0.29, 0.717) is 11.0 Å². The van der Waals surface area contributed by atoms with Crippen molar-refractivity contribution < 1.29 is 4.79 Å². The number of nitrogens with one attached hydrogen (secondary N) is 1. The average molecular weight is 252 g/mol. The maximum Gasteiger partial charge on any atom is 0.233 e. The van der Waals surface area contributed by atoms with Crippen LogP contribution >= 0.6 is 11.3 Å². The molecule has 2 aromatic rings. The first-order chi connectivity index (χ1) is 8.06. The van der Waals surface area contributed by atoms with Gasteiger partial charge < -0.3 is 5.32 Å². The normalized spacial score (nSPS) is 10.5. The average Bonchev–Trinajstić information content (AvgIpc) is 2.76. The lowest BCUT2D eigenvalue weighted by molar-refractivity contribution is -0.115. The number of thiazole rings is 1. The molecule has 1 amide bonds. The van der Waals surface area contributed by atoms with Gasteiger partial charge in [0.05, 0.1) is 12.1 Å². The highest BCUT2D eigenvalue weighted by Crippen LogP contribution is 2.20. The molecule has 90 valence electrons. The Balaban J connectivity index is 2.00. The van der Waals surface area contributed by atoms with Gasteiger partial charge in [0.15, 0.2) is 11.0 Å². The number of hydrogen-bond donors (Lipinski definition) is 1. The molecule has 0 unspecified atom stereocenters. The van der Waals surface area contributed by atoms with Crippen LogP contribution in [0.5, 0.6) is 0 Å². The quantitative estimate of drug-likeness (QED) is 0.858. The molecule has 2 aromatic heterocycles. The van der Waals surface area contributed by atoms with Crippen LogP contribution in [0.25, 0.3) is 0 Å². The van der Waals surface area contributed by atoms with E-state index in [1.165, 1.54) is 16.0 Å². The predicted molar refractivity (Wildman–Crippen MR) is 62.7 cm³/mol. The van der Waals surface area contributed by atoms with Crippen molar-refractivity contribution in [3.63, 3.8) is 0 Å². The summed E-state index contributed by atoms with van der Waals surface area (Å²) in [7, 11) is 1.69. The molecule has 0 saturated heterocycles. The minimum absolute atomic E-state index is 0.140. The third-order valence-electron chi connectivity index (χ3n) is 2.30. The smallest absolute Gasteiger partial charge is 0.233 e. The minimum Gasteiger partial charge on any atom is -0.302 e. The van der Waals surface area contributed by atoms with Crippen molar-refractivity contribution in [1.29, 1.82) is 0 Å². The van der Waals surface area contributed by atoms with Gasteiger partial charge in [0.25, 0.3) is 0 Å². The van der Waals surface area contributed by atoms with Crippen molar-refractivity contribution in [3.05, 3.63) is 16.4 Å². The summed E-state index contributed by atoms with van der Waals surface area (Å²) in [5.41, 5.74) is 0.936. The van der Waals surface area contributed by atoms with Crippen molar-refractivity contribution in [2.24, 2.45) is 7.05 Å². The van der Waals surface area contributed by atoms with E-state index in [4.69, 9.17) is 0 Å². The van der Waals surface area contributed by atoms with Crippen molar-refractivity contribution >= 4 is 22.4 Å². The second-order valence-electron chi connectivity index (χ2n) is 3.60. The van der Waals surface area contributed by atoms with Crippen LogP contribution < -0.4 is 5.32 Å². The van der Waals surface area contributed by atoms with Gasteiger partial charge in [-0.25, -0.2) is 9.67 Å². The molecule has 2 heterocycles. The van der Waals surface area contributed by atoms with Gasteiger partial charge in [0.2, 0.25) is 5.91 Å². The predicted octanol–water partition coefficient (Wildman–Crippen LogP) is 0.465. The Morgan fingerprint density at radius 3 is 2.76 bits per heavy atom. The monoisotopic (exact) mass is 252 g/mol. The van der Waals surface area contributed by atoms with Crippen molar-refractivity contribution in [2.45, 2.75) is 20.3 Å². The van der Waals surface area contributed by atoms with Gasteiger partial charge in [-0.3, -0.25) is 4.79 Å². The number of amides is 1. The summed E-state index contributed by atoms with van der Waals surface area (Å²) in [6, 6.07) is 0. The largest absolute Gasteiger partial charge is 0.302 e. The maximum atomic E-state index is 11.7. The van der Waals surface area contributed by atoms with Crippen LogP contribution in [-0.2, 0) is 18.3 Å². The Hall–Kier alpha value is -1.83. The van der Waals surface area contributed by atoms with E-state index in [9.17, 15) is 4.79 Å². The van der Waals surface area contributed by atoms with Crippen LogP contribution in [0.3, 0.4) is 0 Å². The lowest BCUT2D eigenvalue weighted by Crippen LogP contribution is -2.17. The summed E-state index contributed by atoms with van der Waals surface area (Å²) in [6.07, 6.45) is 0.140. The van der Waals surface area contributed by atoms with Crippen molar-refractivity contribution in [3.8, 4) is 0 Å². The lowest BCUT2D eigenvalue weighted by atomic mass is 10.4.